The number of hydrogen-bond acceptors (Lipinski definition) is 3. The van der Waals surface area contributed by atoms with E-state index in [2.05, 4.69) is 0 Å². The lowest BCUT2D eigenvalue weighted by Crippen LogP contribution is -2.46. The van der Waals surface area contributed by atoms with Crippen molar-refractivity contribution in [2.75, 3.05) is 0 Å². The molecular formula is C10H13FO3. The van der Waals surface area contributed by atoms with Crippen LogP contribution in [0.5, 0.6) is 0 Å². The van der Waals surface area contributed by atoms with Crippen LogP contribution in [0.3, 0.4) is 0 Å². The first-order valence-electron chi connectivity index (χ1n) is 4.71. The first-order chi connectivity index (χ1) is 6.28. The second-order valence-corrected chi connectivity index (χ2v) is 4.95. The number of carbonyl (C=O) groups is 2. The number of carbonyl (C=O) groups excluding carboxylic acids is 2. The minimum Gasteiger partial charge on any atom is -0.447 e. The van der Waals surface area contributed by atoms with Gasteiger partial charge in [-0.2, -0.15) is 4.39 Å². The molecule has 3 nitrogen and oxygen atoms in total. The molecule has 2 bridgehead atoms. The molecule has 0 spiro atoms. The number of rotatable bonds is 1. The molecule has 2 rings (SSSR count). The van der Waals surface area contributed by atoms with E-state index in [4.69, 9.17) is 4.74 Å². The molecule has 2 aliphatic rings. The number of esters is 1. The third kappa shape index (κ3) is 0.666. The van der Waals surface area contributed by atoms with Gasteiger partial charge in [-0.3, -0.25) is 9.59 Å². The van der Waals surface area contributed by atoms with Gasteiger partial charge in [0.1, 0.15) is 0 Å². The van der Waals surface area contributed by atoms with Crippen LogP contribution in [0.25, 0.3) is 0 Å². The van der Waals surface area contributed by atoms with Gasteiger partial charge in [0.15, 0.2) is 0 Å². The zero-order valence-corrected chi connectivity index (χ0v) is 8.52. The van der Waals surface area contributed by atoms with Crippen LogP contribution in [0.2, 0.25) is 0 Å². The van der Waals surface area contributed by atoms with Crippen molar-refractivity contribution in [3.63, 3.8) is 0 Å². The van der Waals surface area contributed by atoms with E-state index in [0.717, 1.165) is 0 Å². The molecule has 4 heteroatoms. The Bertz CT molecular complexity index is 336. The summed E-state index contributed by atoms with van der Waals surface area (Å²) < 4.78 is 18.0. The van der Waals surface area contributed by atoms with E-state index in [-0.39, 0.29) is 0 Å². The van der Waals surface area contributed by atoms with E-state index >= 15 is 0 Å². The van der Waals surface area contributed by atoms with Crippen LogP contribution >= 0.6 is 0 Å². The van der Waals surface area contributed by atoms with Crippen molar-refractivity contribution in [3.05, 3.63) is 0 Å². The van der Waals surface area contributed by atoms with E-state index in [1.54, 1.807) is 20.8 Å². The van der Waals surface area contributed by atoms with Crippen molar-refractivity contribution >= 4 is 12.0 Å². The Hall–Kier alpha value is -0.930. The summed E-state index contributed by atoms with van der Waals surface area (Å²) in [5, 5.41) is 0. The van der Waals surface area contributed by atoms with Crippen LogP contribution in [-0.2, 0) is 14.3 Å². The topological polar surface area (TPSA) is 43.4 Å². The Labute approximate surface area is 81.6 Å². The molecule has 14 heavy (non-hydrogen) atoms. The summed E-state index contributed by atoms with van der Waals surface area (Å²) in [6.07, 6.45) is 0.825. The molecule has 0 amide bonds. The lowest BCUT2D eigenvalue weighted by atomic mass is 9.66. The van der Waals surface area contributed by atoms with Crippen molar-refractivity contribution in [2.24, 2.45) is 10.8 Å². The van der Waals surface area contributed by atoms with Crippen LogP contribution in [0.4, 0.5) is 4.39 Å². The quantitative estimate of drug-likeness (QED) is 0.477. The van der Waals surface area contributed by atoms with Crippen LogP contribution in [0.15, 0.2) is 0 Å². The third-order valence-electron chi connectivity index (χ3n) is 4.40. The van der Waals surface area contributed by atoms with E-state index in [9.17, 15) is 14.0 Å². The highest BCUT2D eigenvalue weighted by atomic mass is 19.1. The van der Waals surface area contributed by atoms with Crippen molar-refractivity contribution in [1.29, 1.82) is 0 Å². The standard InChI is InChI=1S/C10H13FO3/c1-8(2)9(3)4-5-10(8,6(11)12)14-7(9)13/h4-5H2,1-3H3. The van der Waals surface area contributed by atoms with Crippen molar-refractivity contribution in [3.8, 4) is 0 Å². The third-order valence-corrected chi connectivity index (χ3v) is 4.40. The Morgan fingerprint density at radius 3 is 2.14 bits per heavy atom. The van der Waals surface area contributed by atoms with E-state index in [1.807, 2.05) is 0 Å². The number of fused-ring (bicyclic) bond motifs is 2. The zero-order chi connectivity index (χ0) is 10.8. The van der Waals surface area contributed by atoms with Crippen LogP contribution in [0.1, 0.15) is 33.6 Å². The zero-order valence-electron chi connectivity index (χ0n) is 8.52. The average molecular weight is 200 g/mol. The summed E-state index contributed by atoms with van der Waals surface area (Å²) in [5.74, 6) is -0.445. The molecule has 0 radical (unpaired) electrons. The lowest BCUT2D eigenvalue weighted by molar-refractivity contribution is -0.173. The van der Waals surface area contributed by atoms with Gasteiger partial charge in [0.2, 0.25) is 5.60 Å². The Morgan fingerprint density at radius 1 is 1.36 bits per heavy atom. The van der Waals surface area contributed by atoms with Gasteiger partial charge in [0.05, 0.1) is 5.41 Å². The van der Waals surface area contributed by atoms with Crippen molar-refractivity contribution < 1.29 is 18.7 Å². The monoisotopic (exact) mass is 200 g/mol. The number of hydrogen-bond donors (Lipinski definition) is 0. The molecule has 2 atom stereocenters. The fourth-order valence-electron chi connectivity index (χ4n) is 2.69. The van der Waals surface area contributed by atoms with Crippen LogP contribution < -0.4 is 0 Å². The summed E-state index contributed by atoms with van der Waals surface area (Å²) in [4.78, 5) is 22.5. The fourth-order valence-corrected chi connectivity index (χ4v) is 2.69. The minimum atomic E-state index is -1.52. The van der Waals surface area contributed by atoms with Gasteiger partial charge in [-0.15, -0.1) is 0 Å². The minimum absolute atomic E-state index is 0.303. The molecule has 2 unspecified atom stereocenters. The molecule has 2 fully saturated rings. The molecule has 1 heterocycles. The first-order valence-corrected chi connectivity index (χ1v) is 4.71. The summed E-state index contributed by atoms with van der Waals surface area (Å²) >= 11 is 0. The van der Waals surface area contributed by atoms with Gasteiger partial charge in [0, 0.05) is 5.41 Å². The molecule has 1 saturated heterocycles. The largest absolute Gasteiger partial charge is 0.447 e. The van der Waals surface area contributed by atoms with E-state index < -0.39 is 28.4 Å². The molecule has 0 aromatic heterocycles. The van der Waals surface area contributed by atoms with Gasteiger partial charge >= 0.3 is 12.0 Å². The predicted octanol–water partition coefficient (Wildman–Crippen LogP) is 1.60. The summed E-state index contributed by atoms with van der Waals surface area (Å²) in [5.41, 5.74) is -2.98. The summed E-state index contributed by atoms with van der Waals surface area (Å²) in [6.45, 7) is 5.19. The van der Waals surface area contributed by atoms with Gasteiger partial charge in [0.25, 0.3) is 0 Å². The Balaban J connectivity index is 2.60. The van der Waals surface area contributed by atoms with Crippen molar-refractivity contribution in [1.82, 2.24) is 0 Å². The number of ether oxygens (including phenoxy) is 1. The van der Waals surface area contributed by atoms with Gasteiger partial charge in [-0.25, -0.2) is 0 Å². The first kappa shape index (κ1) is 9.62. The molecule has 1 saturated carbocycles. The average Bonchev–Trinajstić information content (AvgIpc) is 2.34. The second kappa shape index (κ2) is 2.18. The summed E-state index contributed by atoms with van der Waals surface area (Å²) in [7, 11) is 0. The Kier molecular flexibility index (Phi) is 1.50. The second-order valence-electron chi connectivity index (χ2n) is 4.95. The molecule has 1 aliphatic carbocycles. The number of halogens is 1. The highest BCUT2D eigenvalue weighted by molar-refractivity contribution is 5.93. The maximum Gasteiger partial charge on any atom is 0.345 e. The predicted molar refractivity (Wildman–Crippen MR) is 46.1 cm³/mol. The maximum absolute atomic E-state index is 13.0. The van der Waals surface area contributed by atoms with E-state index in [1.165, 1.54) is 0 Å². The smallest absolute Gasteiger partial charge is 0.345 e. The molecular weight excluding hydrogens is 187 g/mol. The van der Waals surface area contributed by atoms with E-state index in [0.29, 0.717) is 12.8 Å². The SMILES string of the molecule is CC12CCC(C(=O)F)(OC1=O)C2(C)C. The summed E-state index contributed by atoms with van der Waals surface area (Å²) in [6, 6.07) is -1.52. The Morgan fingerprint density at radius 2 is 1.93 bits per heavy atom. The van der Waals surface area contributed by atoms with Gasteiger partial charge < -0.3 is 4.74 Å². The highest BCUT2D eigenvalue weighted by Gasteiger charge is 2.76. The normalized spacial score (nSPS) is 43.9. The van der Waals surface area contributed by atoms with Crippen LogP contribution in [0, 0.1) is 10.8 Å². The van der Waals surface area contributed by atoms with Gasteiger partial charge in [-0.1, -0.05) is 13.8 Å². The lowest BCUT2D eigenvalue weighted by Gasteiger charge is -2.32. The van der Waals surface area contributed by atoms with Gasteiger partial charge in [-0.05, 0) is 19.8 Å². The van der Waals surface area contributed by atoms with Crippen molar-refractivity contribution in [2.45, 2.75) is 39.2 Å². The van der Waals surface area contributed by atoms with Crippen LogP contribution in [-0.4, -0.2) is 17.6 Å². The highest BCUT2D eigenvalue weighted by Crippen LogP contribution is 2.65. The molecule has 0 aromatic carbocycles. The molecule has 0 aromatic rings. The maximum atomic E-state index is 13.0. The molecule has 1 aliphatic heterocycles. The fraction of sp³-hybridized carbons (Fsp3) is 0.800. The molecule has 78 valence electrons. The molecule has 0 N–H and O–H groups in total.